The van der Waals surface area contributed by atoms with Crippen LogP contribution in [0, 0.1) is 0 Å². The van der Waals surface area contributed by atoms with Gasteiger partial charge >= 0.3 is 7.75 Å². The van der Waals surface area contributed by atoms with Crippen molar-refractivity contribution in [1.82, 2.24) is 4.67 Å². The molecule has 1 rings (SSSR count). The second-order valence-electron chi connectivity index (χ2n) is 3.19. The molecule has 0 aliphatic carbocycles. The zero-order chi connectivity index (χ0) is 8.15. The summed E-state index contributed by atoms with van der Waals surface area (Å²) >= 11 is 0. The molecule has 1 saturated heterocycles. The molecule has 0 bridgehead atoms. The van der Waals surface area contributed by atoms with Crippen molar-refractivity contribution in [2.45, 2.75) is 32.4 Å². The van der Waals surface area contributed by atoms with E-state index in [0.717, 1.165) is 0 Å². The van der Waals surface area contributed by atoms with Gasteiger partial charge in [0, 0.05) is 11.6 Å². The molecule has 2 N–H and O–H groups in total. The normalized spacial score (nSPS) is 37.7. The van der Waals surface area contributed by atoms with Gasteiger partial charge in [-0.2, -0.15) is 4.67 Å². The first kappa shape index (κ1) is 8.21. The summed E-state index contributed by atoms with van der Waals surface area (Å²) in [5.74, 6) is 0. The number of hydrogen-bond donors (Lipinski definition) is 2. The summed E-state index contributed by atoms with van der Waals surface area (Å²) in [6.07, 6.45) is 0. The Morgan fingerprint density at radius 1 is 1.50 bits per heavy atom. The molecule has 10 heavy (non-hydrogen) atoms. The lowest BCUT2D eigenvalue weighted by Gasteiger charge is -2.06. The molecule has 5 heteroatoms. The largest absolute Gasteiger partial charge is 0.403 e. The fourth-order valence-corrected chi connectivity index (χ4v) is 2.74. The van der Waals surface area contributed by atoms with E-state index in [1.54, 1.807) is 6.92 Å². The first-order valence-corrected chi connectivity index (χ1v) is 4.70. The summed E-state index contributed by atoms with van der Waals surface area (Å²) in [5.41, 5.74) is -0.320. The predicted octanol–water partition coefficient (Wildman–Crippen LogP) is 0.562. The first-order chi connectivity index (χ1) is 4.28. The maximum atomic E-state index is 10.6. The molecule has 0 aromatic carbocycles. The molecule has 0 aromatic rings. The van der Waals surface area contributed by atoms with Crippen LogP contribution in [-0.2, 0) is 4.57 Å². The highest BCUT2D eigenvalue weighted by Gasteiger charge is 2.60. The molecule has 0 saturated carbocycles. The lowest BCUT2D eigenvalue weighted by molar-refractivity contribution is 0.320. The molecule has 1 heterocycles. The fraction of sp³-hybridized carbons (Fsp3) is 1.00. The minimum Gasteiger partial charge on any atom is -0.312 e. The summed E-state index contributed by atoms with van der Waals surface area (Å²) in [7, 11) is -3.97. The lowest BCUT2D eigenvalue weighted by Crippen LogP contribution is -2.05. The van der Waals surface area contributed by atoms with Gasteiger partial charge in [-0.25, -0.2) is 4.57 Å². The van der Waals surface area contributed by atoms with Gasteiger partial charge in [0.25, 0.3) is 0 Å². The molecular formula is C5H12NO3P. The predicted molar refractivity (Wildman–Crippen MR) is 37.4 cm³/mol. The molecule has 0 radical (unpaired) electrons. The topological polar surface area (TPSA) is 60.5 Å². The average Bonchev–Trinajstić information content (AvgIpc) is 2.03. The van der Waals surface area contributed by atoms with Gasteiger partial charge in [-0.15, -0.1) is 0 Å². The Labute approximate surface area is 60.1 Å². The molecule has 1 fully saturated rings. The first-order valence-electron chi connectivity index (χ1n) is 3.13. The van der Waals surface area contributed by atoms with E-state index in [4.69, 9.17) is 9.79 Å². The molecule has 60 valence electrons. The fourth-order valence-electron chi connectivity index (χ4n) is 1.22. The Kier molecular flexibility index (Phi) is 1.50. The summed E-state index contributed by atoms with van der Waals surface area (Å²) in [6, 6.07) is -0.00617. The van der Waals surface area contributed by atoms with Crippen LogP contribution in [-0.4, -0.2) is 26.0 Å². The Balaban J connectivity index is 2.76. The van der Waals surface area contributed by atoms with Crippen molar-refractivity contribution < 1.29 is 14.4 Å². The van der Waals surface area contributed by atoms with Gasteiger partial charge in [-0.1, -0.05) is 0 Å². The second kappa shape index (κ2) is 1.83. The minimum atomic E-state index is -3.97. The van der Waals surface area contributed by atoms with Crippen LogP contribution in [0.4, 0.5) is 0 Å². The Hall–Kier alpha value is 0.110. The van der Waals surface area contributed by atoms with Gasteiger partial charge in [-0.3, -0.25) is 0 Å². The third-order valence-electron chi connectivity index (χ3n) is 2.19. The molecule has 0 amide bonds. The third-order valence-corrected chi connectivity index (χ3v) is 3.62. The smallest absolute Gasteiger partial charge is 0.312 e. The van der Waals surface area contributed by atoms with Crippen molar-refractivity contribution in [3.63, 3.8) is 0 Å². The van der Waals surface area contributed by atoms with Gasteiger partial charge in [-0.05, 0) is 20.8 Å². The van der Waals surface area contributed by atoms with Crippen LogP contribution in [0.5, 0.6) is 0 Å². The van der Waals surface area contributed by atoms with E-state index in [1.165, 1.54) is 4.67 Å². The van der Waals surface area contributed by atoms with E-state index in [9.17, 15) is 4.57 Å². The summed E-state index contributed by atoms with van der Waals surface area (Å²) in [6.45, 7) is 5.44. The van der Waals surface area contributed by atoms with Crippen LogP contribution in [0.25, 0.3) is 0 Å². The molecule has 4 nitrogen and oxygen atoms in total. The van der Waals surface area contributed by atoms with Crippen molar-refractivity contribution in [3.05, 3.63) is 0 Å². The third kappa shape index (κ3) is 1.01. The lowest BCUT2D eigenvalue weighted by atomic mass is 10.2. The van der Waals surface area contributed by atoms with E-state index in [-0.39, 0.29) is 11.6 Å². The monoisotopic (exact) mass is 165 g/mol. The number of hydrogen-bond acceptors (Lipinski definition) is 1. The zero-order valence-corrected chi connectivity index (χ0v) is 7.17. The molecule has 0 spiro atoms. The van der Waals surface area contributed by atoms with Crippen LogP contribution in [0.2, 0.25) is 0 Å². The van der Waals surface area contributed by atoms with Gasteiger partial charge in [0.1, 0.15) is 0 Å². The average molecular weight is 165 g/mol. The van der Waals surface area contributed by atoms with Gasteiger partial charge < -0.3 is 9.79 Å². The van der Waals surface area contributed by atoms with Gasteiger partial charge in [0.2, 0.25) is 0 Å². The van der Waals surface area contributed by atoms with Crippen LogP contribution < -0.4 is 0 Å². The van der Waals surface area contributed by atoms with Crippen molar-refractivity contribution in [2.75, 3.05) is 0 Å². The Bertz CT molecular complexity index is 197. The molecular weight excluding hydrogens is 153 g/mol. The summed E-state index contributed by atoms with van der Waals surface area (Å²) in [4.78, 5) is 17.4. The minimum absolute atomic E-state index is 0.00617. The van der Waals surface area contributed by atoms with Crippen LogP contribution in [0.3, 0.4) is 0 Å². The SMILES string of the molecule is CC1N(P(=O)(O)O)C1(C)C. The van der Waals surface area contributed by atoms with Crippen molar-refractivity contribution in [1.29, 1.82) is 0 Å². The summed E-state index contributed by atoms with van der Waals surface area (Å²) < 4.78 is 11.8. The maximum Gasteiger partial charge on any atom is 0.403 e. The van der Waals surface area contributed by atoms with E-state index in [1.807, 2.05) is 13.8 Å². The van der Waals surface area contributed by atoms with Gasteiger partial charge in [0.05, 0.1) is 0 Å². The number of nitrogens with zero attached hydrogens (tertiary/aromatic N) is 1. The van der Waals surface area contributed by atoms with Crippen LogP contribution in [0.15, 0.2) is 0 Å². The zero-order valence-electron chi connectivity index (χ0n) is 6.27. The van der Waals surface area contributed by atoms with E-state index < -0.39 is 7.75 Å². The van der Waals surface area contributed by atoms with Crippen LogP contribution >= 0.6 is 7.75 Å². The molecule has 1 aliphatic rings. The molecule has 2 atom stereocenters. The van der Waals surface area contributed by atoms with E-state index in [0.29, 0.717) is 0 Å². The van der Waals surface area contributed by atoms with E-state index in [2.05, 4.69) is 0 Å². The van der Waals surface area contributed by atoms with Crippen molar-refractivity contribution in [3.8, 4) is 0 Å². The molecule has 2 unspecified atom stereocenters. The van der Waals surface area contributed by atoms with Crippen LogP contribution in [0.1, 0.15) is 20.8 Å². The highest BCUT2D eigenvalue weighted by Crippen LogP contribution is 2.59. The standard InChI is InChI=1S/C5H12NO3P/c1-4-5(2,3)6(4)10(7,8)9/h4H,1-3H3,(H2,7,8,9). The maximum absolute atomic E-state index is 10.6. The number of rotatable bonds is 1. The highest BCUT2D eigenvalue weighted by atomic mass is 31.2. The summed E-state index contributed by atoms with van der Waals surface area (Å²) in [5, 5.41) is 0. The molecule has 0 aromatic heterocycles. The Morgan fingerprint density at radius 2 is 1.80 bits per heavy atom. The highest BCUT2D eigenvalue weighted by molar-refractivity contribution is 7.49. The Morgan fingerprint density at radius 3 is 1.80 bits per heavy atom. The van der Waals surface area contributed by atoms with Gasteiger partial charge in [0.15, 0.2) is 0 Å². The van der Waals surface area contributed by atoms with Crippen molar-refractivity contribution in [2.24, 2.45) is 0 Å². The van der Waals surface area contributed by atoms with Crippen molar-refractivity contribution >= 4 is 7.75 Å². The quantitative estimate of drug-likeness (QED) is 0.440. The second-order valence-corrected chi connectivity index (χ2v) is 4.64. The van der Waals surface area contributed by atoms with E-state index >= 15 is 0 Å². The molecule has 1 aliphatic heterocycles.